The topological polar surface area (TPSA) is 82.6 Å². The average molecular weight is 346 g/mol. The number of nitrogens with zero attached hydrogens (tertiary/aromatic N) is 1. The standard InChI is InChI=1S/C19H26N2O4/c1-4-21(13(2)3)10-9-14-12-20-17-6-5-15(11-16(14)17)25-19(24)8-7-18(22)23/h5-6,11-13,20H,4,7-10H2,1-3H3,(H,22,23). The van der Waals surface area contributed by atoms with Crippen LogP contribution in [0.25, 0.3) is 10.9 Å². The van der Waals surface area contributed by atoms with Crippen LogP contribution in [0, 0.1) is 0 Å². The number of carbonyl (C=O) groups excluding carboxylic acids is 1. The second-order valence-corrected chi connectivity index (χ2v) is 6.36. The summed E-state index contributed by atoms with van der Waals surface area (Å²) in [6.07, 6.45) is 2.54. The number of hydrogen-bond donors (Lipinski definition) is 2. The molecule has 0 unspecified atom stereocenters. The lowest BCUT2D eigenvalue weighted by molar-refractivity contribution is -0.142. The Morgan fingerprint density at radius 3 is 2.68 bits per heavy atom. The van der Waals surface area contributed by atoms with Gasteiger partial charge in [-0.05, 0) is 50.6 Å². The molecule has 2 rings (SSSR count). The molecule has 0 aliphatic rings. The first-order valence-corrected chi connectivity index (χ1v) is 8.67. The Hall–Kier alpha value is -2.34. The van der Waals surface area contributed by atoms with Crippen LogP contribution in [0.1, 0.15) is 39.2 Å². The summed E-state index contributed by atoms with van der Waals surface area (Å²) in [6.45, 7) is 8.50. The number of carbonyl (C=O) groups is 2. The van der Waals surface area contributed by atoms with Gasteiger partial charge in [-0.15, -0.1) is 0 Å². The third kappa shape index (κ3) is 5.32. The van der Waals surface area contributed by atoms with Gasteiger partial charge in [0.05, 0.1) is 12.8 Å². The van der Waals surface area contributed by atoms with Crippen molar-refractivity contribution in [3.8, 4) is 5.75 Å². The van der Waals surface area contributed by atoms with Gasteiger partial charge in [-0.1, -0.05) is 6.92 Å². The van der Waals surface area contributed by atoms with Gasteiger partial charge in [0.15, 0.2) is 0 Å². The number of H-pyrrole nitrogens is 1. The minimum Gasteiger partial charge on any atom is -0.481 e. The highest BCUT2D eigenvalue weighted by Crippen LogP contribution is 2.25. The number of nitrogens with one attached hydrogen (secondary N) is 1. The normalized spacial score (nSPS) is 11.4. The molecule has 0 saturated heterocycles. The van der Waals surface area contributed by atoms with Crippen molar-refractivity contribution in [2.24, 2.45) is 0 Å². The highest BCUT2D eigenvalue weighted by atomic mass is 16.5. The van der Waals surface area contributed by atoms with E-state index in [2.05, 4.69) is 30.7 Å². The molecule has 25 heavy (non-hydrogen) atoms. The van der Waals surface area contributed by atoms with Gasteiger partial charge in [-0.3, -0.25) is 9.59 Å². The zero-order valence-corrected chi connectivity index (χ0v) is 15.0. The van der Waals surface area contributed by atoms with Gasteiger partial charge in [0.1, 0.15) is 5.75 Å². The number of carboxylic acids is 1. The Morgan fingerprint density at radius 1 is 1.28 bits per heavy atom. The van der Waals surface area contributed by atoms with Crippen molar-refractivity contribution in [2.45, 2.75) is 46.1 Å². The van der Waals surface area contributed by atoms with Crippen LogP contribution in [0.4, 0.5) is 0 Å². The Kier molecular flexibility index (Phi) is 6.58. The van der Waals surface area contributed by atoms with E-state index in [9.17, 15) is 9.59 Å². The first-order valence-electron chi connectivity index (χ1n) is 8.67. The molecule has 0 fully saturated rings. The van der Waals surface area contributed by atoms with Crippen LogP contribution in [0.5, 0.6) is 5.75 Å². The van der Waals surface area contributed by atoms with Crippen LogP contribution in [-0.2, 0) is 16.0 Å². The maximum atomic E-state index is 11.7. The summed E-state index contributed by atoms with van der Waals surface area (Å²) in [5.74, 6) is -1.10. The smallest absolute Gasteiger partial charge is 0.311 e. The van der Waals surface area contributed by atoms with Crippen LogP contribution >= 0.6 is 0 Å². The molecule has 0 radical (unpaired) electrons. The van der Waals surface area contributed by atoms with E-state index in [-0.39, 0.29) is 12.8 Å². The number of esters is 1. The van der Waals surface area contributed by atoms with E-state index in [0.29, 0.717) is 11.8 Å². The first kappa shape index (κ1) is 19.0. The van der Waals surface area contributed by atoms with Crippen molar-refractivity contribution in [3.05, 3.63) is 30.0 Å². The number of likely N-dealkylation sites (N-methyl/N-ethyl adjacent to an activating group) is 1. The van der Waals surface area contributed by atoms with Gasteiger partial charge in [0.2, 0.25) is 0 Å². The third-order valence-electron chi connectivity index (χ3n) is 4.32. The Balaban J connectivity index is 2.08. The molecule has 0 aliphatic carbocycles. The van der Waals surface area contributed by atoms with Crippen molar-refractivity contribution in [2.75, 3.05) is 13.1 Å². The number of rotatable bonds is 9. The fraction of sp³-hybridized carbons (Fsp3) is 0.474. The number of benzene rings is 1. The maximum Gasteiger partial charge on any atom is 0.311 e. The lowest BCUT2D eigenvalue weighted by Crippen LogP contribution is -2.32. The second-order valence-electron chi connectivity index (χ2n) is 6.36. The Morgan fingerprint density at radius 2 is 2.04 bits per heavy atom. The van der Waals surface area contributed by atoms with E-state index >= 15 is 0 Å². The molecule has 6 nitrogen and oxygen atoms in total. The van der Waals surface area contributed by atoms with E-state index in [1.807, 2.05) is 18.3 Å². The summed E-state index contributed by atoms with van der Waals surface area (Å²) < 4.78 is 5.26. The number of aromatic amines is 1. The highest BCUT2D eigenvalue weighted by Gasteiger charge is 2.12. The van der Waals surface area contributed by atoms with Crippen LogP contribution in [0.3, 0.4) is 0 Å². The lowest BCUT2D eigenvalue weighted by atomic mass is 10.1. The van der Waals surface area contributed by atoms with Crippen LogP contribution < -0.4 is 4.74 Å². The quantitative estimate of drug-likeness (QED) is 0.538. The summed E-state index contributed by atoms with van der Waals surface area (Å²) in [6, 6.07) is 5.93. The van der Waals surface area contributed by atoms with E-state index in [1.165, 1.54) is 5.56 Å². The fourth-order valence-electron chi connectivity index (χ4n) is 2.86. The number of ether oxygens (including phenoxy) is 1. The molecule has 0 bridgehead atoms. The first-order chi connectivity index (χ1) is 11.9. The summed E-state index contributed by atoms with van der Waals surface area (Å²) in [7, 11) is 0. The highest BCUT2D eigenvalue weighted by molar-refractivity contribution is 5.86. The lowest BCUT2D eigenvalue weighted by Gasteiger charge is -2.24. The van der Waals surface area contributed by atoms with Crippen molar-refractivity contribution in [1.29, 1.82) is 0 Å². The Bertz CT molecular complexity index is 736. The molecular formula is C19H26N2O4. The molecule has 1 aromatic heterocycles. The van der Waals surface area contributed by atoms with Gasteiger partial charge in [-0.25, -0.2) is 0 Å². The van der Waals surface area contributed by atoms with E-state index in [1.54, 1.807) is 6.07 Å². The van der Waals surface area contributed by atoms with Crippen LogP contribution in [0.15, 0.2) is 24.4 Å². The van der Waals surface area contributed by atoms with E-state index in [4.69, 9.17) is 9.84 Å². The maximum absolute atomic E-state index is 11.7. The summed E-state index contributed by atoms with van der Waals surface area (Å²) in [5.41, 5.74) is 2.17. The van der Waals surface area contributed by atoms with E-state index in [0.717, 1.165) is 30.4 Å². The van der Waals surface area contributed by atoms with Crippen LogP contribution in [-0.4, -0.2) is 46.1 Å². The average Bonchev–Trinajstić information content (AvgIpc) is 2.96. The molecule has 0 saturated carbocycles. The number of carboxylic acid groups (broad SMARTS) is 1. The van der Waals surface area contributed by atoms with Crippen molar-refractivity contribution in [3.63, 3.8) is 0 Å². The molecule has 136 valence electrons. The molecule has 0 amide bonds. The minimum atomic E-state index is -1.01. The summed E-state index contributed by atoms with van der Waals surface area (Å²) in [4.78, 5) is 27.9. The van der Waals surface area contributed by atoms with Crippen molar-refractivity contribution < 1.29 is 19.4 Å². The predicted molar refractivity (Wildman–Crippen MR) is 96.9 cm³/mol. The molecule has 0 aliphatic heterocycles. The van der Waals surface area contributed by atoms with Gasteiger partial charge >= 0.3 is 11.9 Å². The minimum absolute atomic E-state index is 0.132. The zero-order valence-electron chi connectivity index (χ0n) is 15.0. The number of hydrogen-bond acceptors (Lipinski definition) is 4. The van der Waals surface area contributed by atoms with Gasteiger partial charge in [0.25, 0.3) is 0 Å². The molecule has 2 N–H and O–H groups in total. The van der Waals surface area contributed by atoms with Gasteiger partial charge in [0, 0.05) is 29.7 Å². The Labute approximate surface area is 147 Å². The molecule has 6 heteroatoms. The molecule has 1 aromatic carbocycles. The molecular weight excluding hydrogens is 320 g/mol. The van der Waals surface area contributed by atoms with Crippen molar-refractivity contribution >= 4 is 22.8 Å². The predicted octanol–water partition coefficient (Wildman–Crippen LogP) is 3.21. The third-order valence-corrected chi connectivity index (χ3v) is 4.32. The number of aromatic nitrogens is 1. The monoisotopic (exact) mass is 346 g/mol. The second kappa shape index (κ2) is 8.67. The molecule has 2 aromatic rings. The van der Waals surface area contributed by atoms with E-state index < -0.39 is 11.9 Å². The number of fused-ring (bicyclic) bond motifs is 1. The van der Waals surface area contributed by atoms with Crippen LogP contribution in [0.2, 0.25) is 0 Å². The fourth-order valence-corrected chi connectivity index (χ4v) is 2.86. The van der Waals surface area contributed by atoms with Gasteiger partial charge in [-0.2, -0.15) is 0 Å². The molecule has 0 spiro atoms. The van der Waals surface area contributed by atoms with Crippen molar-refractivity contribution in [1.82, 2.24) is 9.88 Å². The van der Waals surface area contributed by atoms with Gasteiger partial charge < -0.3 is 19.7 Å². The SMILES string of the molecule is CCN(CCc1c[nH]c2ccc(OC(=O)CCC(=O)O)cc12)C(C)C. The largest absolute Gasteiger partial charge is 0.481 e. The molecule has 1 heterocycles. The summed E-state index contributed by atoms with van der Waals surface area (Å²) >= 11 is 0. The summed E-state index contributed by atoms with van der Waals surface area (Å²) in [5, 5.41) is 9.66. The molecule has 0 atom stereocenters. The number of aliphatic carboxylic acids is 1. The zero-order chi connectivity index (χ0) is 18.4.